The summed E-state index contributed by atoms with van der Waals surface area (Å²) in [4.78, 5) is 26.5. The fraction of sp³-hybridized carbons (Fsp3) is 0.652. The zero-order valence-corrected chi connectivity index (χ0v) is 18.6. The van der Waals surface area contributed by atoms with Gasteiger partial charge in [0.2, 0.25) is 0 Å². The molecule has 7 nitrogen and oxygen atoms in total. The number of hydrogen-bond acceptors (Lipinski definition) is 5. The predicted octanol–water partition coefficient (Wildman–Crippen LogP) is 2.94. The summed E-state index contributed by atoms with van der Waals surface area (Å²) in [6.45, 7) is 8.46. The lowest BCUT2D eigenvalue weighted by Crippen LogP contribution is -2.53. The first-order chi connectivity index (χ1) is 14.3. The first kappa shape index (κ1) is 22.6. The van der Waals surface area contributed by atoms with Gasteiger partial charge in [-0.05, 0) is 57.7 Å². The van der Waals surface area contributed by atoms with Crippen molar-refractivity contribution in [2.24, 2.45) is 5.92 Å². The van der Waals surface area contributed by atoms with Crippen LogP contribution in [-0.2, 0) is 16.0 Å². The van der Waals surface area contributed by atoms with Gasteiger partial charge in [0, 0.05) is 50.3 Å². The van der Waals surface area contributed by atoms with Crippen molar-refractivity contribution >= 4 is 12.0 Å². The molecular formula is C23H35N3O4. The lowest BCUT2D eigenvalue weighted by atomic mass is 9.87. The number of carbonyl (C=O) groups is 2. The van der Waals surface area contributed by atoms with Crippen molar-refractivity contribution in [2.45, 2.75) is 64.3 Å². The van der Waals surface area contributed by atoms with Crippen LogP contribution in [0.2, 0.25) is 0 Å². The third-order valence-electron chi connectivity index (χ3n) is 5.81. The monoisotopic (exact) mass is 417 g/mol. The second-order valence-corrected chi connectivity index (χ2v) is 9.18. The molecule has 2 aliphatic heterocycles. The minimum Gasteiger partial charge on any atom is -0.444 e. The highest BCUT2D eigenvalue weighted by atomic mass is 16.6. The zero-order chi connectivity index (χ0) is 21.7. The smallest absolute Gasteiger partial charge is 0.410 e. The van der Waals surface area contributed by atoms with Gasteiger partial charge < -0.3 is 25.0 Å². The number of carbonyl (C=O) groups excluding carboxylic acids is 2. The second kappa shape index (κ2) is 9.79. The van der Waals surface area contributed by atoms with Crippen molar-refractivity contribution in [3.05, 3.63) is 35.4 Å². The van der Waals surface area contributed by atoms with Crippen molar-refractivity contribution < 1.29 is 19.1 Å². The van der Waals surface area contributed by atoms with E-state index >= 15 is 0 Å². The Morgan fingerprint density at radius 3 is 2.80 bits per heavy atom. The topological polar surface area (TPSA) is 79.9 Å². The molecule has 3 rings (SSSR count). The van der Waals surface area contributed by atoms with E-state index in [9.17, 15) is 9.59 Å². The summed E-state index contributed by atoms with van der Waals surface area (Å²) in [6, 6.07) is 8.03. The van der Waals surface area contributed by atoms with Crippen LogP contribution in [0, 0.1) is 5.92 Å². The van der Waals surface area contributed by atoms with E-state index in [1.54, 1.807) is 7.05 Å². The van der Waals surface area contributed by atoms with Crippen LogP contribution in [0.4, 0.5) is 4.79 Å². The molecule has 166 valence electrons. The fourth-order valence-corrected chi connectivity index (χ4v) is 4.39. The zero-order valence-electron chi connectivity index (χ0n) is 18.6. The van der Waals surface area contributed by atoms with E-state index in [1.807, 2.05) is 49.9 Å². The first-order valence-corrected chi connectivity index (χ1v) is 10.9. The Kier molecular flexibility index (Phi) is 7.36. The first-order valence-electron chi connectivity index (χ1n) is 10.9. The molecule has 1 aromatic rings. The Bertz CT molecular complexity index is 746. The number of nitrogens with zero attached hydrogens (tertiary/aromatic N) is 1. The lowest BCUT2D eigenvalue weighted by molar-refractivity contribution is -0.0168. The number of benzene rings is 1. The molecule has 2 aliphatic rings. The average molecular weight is 418 g/mol. The molecule has 2 amide bonds. The predicted molar refractivity (Wildman–Crippen MR) is 115 cm³/mol. The summed E-state index contributed by atoms with van der Waals surface area (Å²) in [5.41, 5.74) is 1.23. The van der Waals surface area contributed by atoms with Crippen LogP contribution in [0.15, 0.2) is 24.3 Å². The third-order valence-corrected chi connectivity index (χ3v) is 5.81. The molecule has 1 aromatic carbocycles. The Hall–Kier alpha value is -2.12. The Morgan fingerprint density at radius 2 is 2.07 bits per heavy atom. The van der Waals surface area contributed by atoms with Crippen LogP contribution < -0.4 is 10.6 Å². The van der Waals surface area contributed by atoms with Crippen LogP contribution in [0.5, 0.6) is 0 Å². The van der Waals surface area contributed by atoms with E-state index in [2.05, 4.69) is 10.6 Å². The van der Waals surface area contributed by atoms with Gasteiger partial charge in [0.1, 0.15) is 5.60 Å². The molecule has 3 atom stereocenters. The van der Waals surface area contributed by atoms with Crippen LogP contribution in [0.25, 0.3) is 0 Å². The van der Waals surface area contributed by atoms with Gasteiger partial charge in [-0.15, -0.1) is 0 Å². The molecule has 0 aliphatic carbocycles. The highest BCUT2D eigenvalue weighted by Gasteiger charge is 2.41. The summed E-state index contributed by atoms with van der Waals surface area (Å²) < 4.78 is 11.4. The van der Waals surface area contributed by atoms with Gasteiger partial charge in [-0.25, -0.2) is 4.79 Å². The summed E-state index contributed by atoms with van der Waals surface area (Å²) in [5.74, 6) is 0.135. The largest absolute Gasteiger partial charge is 0.444 e. The Morgan fingerprint density at radius 1 is 1.27 bits per heavy atom. The minimum atomic E-state index is -0.499. The summed E-state index contributed by atoms with van der Waals surface area (Å²) in [6.07, 6.45) is 2.63. The Balaban J connectivity index is 1.66. The van der Waals surface area contributed by atoms with Gasteiger partial charge in [-0.2, -0.15) is 0 Å². The maximum atomic E-state index is 12.7. The van der Waals surface area contributed by atoms with E-state index in [0.717, 1.165) is 31.4 Å². The highest BCUT2D eigenvalue weighted by molar-refractivity contribution is 5.94. The van der Waals surface area contributed by atoms with Crippen molar-refractivity contribution in [2.75, 3.05) is 26.8 Å². The van der Waals surface area contributed by atoms with Gasteiger partial charge >= 0.3 is 6.09 Å². The van der Waals surface area contributed by atoms with Gasteiger partial charge in [-0.3, -0.25) is 4.79 Å². The molecule has 2 heterocycles. The van der Waals surface area contributed by atoms with E-state index in [4.69, 9.17) is 9.47 Å². The number of likely N-dealkylation sites (tertiary alicyclic amines) is 1. The molecule has 2 saturated heterocycles. The number of rotatable bonds is 5. The summed E-state index contributed by atoms with van der Waals surface area (Å²) in [7, 11) is 1.64. The van der Waals surface area contributed by atoms with Crippen molar-refractivity contribution in [1.29, 1.82) is 0 Å². The molecule has 0 spiro atoms. The van der Waals surface area contributed by atoms with E-state index in [1.165, 1.54) is 0 Å². The molecule has 2 N–H and O–H groups in total. The standard InChI is InChI=1S/C23H35N3O4/c1-23(2,3)30-22(28)26-11-6-9-20(26)18-15-29-12-10-19(18)25-14-16-7-5-8-17(13-16)21(27)24-4/h5,7-8,13,18-20,25H,6,9-12,14-15H2,1-4H3,(H,24,27)/t18-,19+,20+/m0/s1. The number of amides is 2. The van der Waals surface area contributed by atoms with Crippen LogP contribution >= 0.6 is 0 Å². The van der Waals surface area contributed by atoms with E-state index in [-0.39, 0.29) is 30.0 Å². The van der Waals surface area contributed by atoms with E-state index < -0.39 is 5.60 Å². The van der Waals surface area contributed by atoms with Gasteiger partial charge in [0.15, 0.2) is 0 Å². The molecule has 0 radical (unpaired) electrons. The quantitative estimate of drug-likeness (QED) is 0.770. The van der Waals surface area contributed by atoms with Crippen molar-refractivity contribution in [1.82, 2.24) is 15.5 Å². The normalized spacial score (nSPS) is 24.5. The molecular weight excluding hydrogens is 382 g/mol. The maximum absolute atomic E-state index is 12.7. The minimum absolute atomic E-state index is 0.0836. The molecule has 0 bridgehead atoms. The average Bonchev–Trinajstić information content (AvgIpc) is 3.21. The number of hydrogen-bond donors (Lipinski definition) is 2. The van der Waals surface area contributed by atoms with Gasteiger partial charge in [-0.1, -0.05) is 12.1 Å². The molecule has 0 unspecified atom stereocenters. The molecule has 7 heteroatoms. The molecule has 0 saturated carbocycles. The third kappa shape index (κ3) is 5.73. The number of ether oxygens (including phenoxy) is 2. The molecule has 2 fully saturated rings. The molecule has 30 heavy (non-hydrogen) atoms. The van der Waals surface area contributed by atoms with Crippen LogP contribution in [-0.4, -0.2) is 61.4 Å². The molecule has 0 aromatic heterocycles. The van der Waals surface area contributed by atoms with Crippen LogP contribution in [0.3, 0.4) is 0 Å². The highest BCUT2D eigenvalue weighted by Crippen LogP contribution is 2.31. The maximum Gasteiger partial charge on any atom is 0.410 e. The summed E-state index contributed by atoms with van der Waals surface area (Å²) in [5, 5.41) is 6.33. The van der Waals surface area contributed by atoms with Gasteiger partial charge in [0.05, 0.1) is 6.61 Å². The van der Waals surface area contributed by atoms with Gasteiger partial charge in [0.25, 0.3) is 5.91 Å². The van der Waals surface area contributed by atoms with Crippen molar-refractivity contribution in [3.63, 3.8) is 0 Å². The lowest BCUT2D eigenvalue weighted by Gasteiger charge is -2.40. The van der Waals surface area contributed by atoms with Crippen LogP contribution in [0.1, 0.15) is 56.0 Å². The Labute approximate surface area is 179 Å². The summed E-state index contributed by atoms with van der Waals surface area (Å²) >= 11 is 0. The van der Waals surface area contributed by atoms with E-state index in [0.29, 0.717) is 25.3 Å². The van der Waals surface area contributed by atoms with Crippen molar-refractivity contribution in [3.8, 4) is 0 Å². The second-order valence-electron chi connectivity index (χ2n) is 9.18. The SMILES string of the molecule is CNC(=O)c1cccc(CN[C@@H]2CCOC[C@@H]2[C@H]2CCCN2C(=O)OC(C)(C)C)c1. The number of nitrogens with one attached hydrogen (secondary N) is 2. The fourth-order valence-electron chi connectivity index (χ4n) is 4.39.